The van der Waals surface area contributed by atoms with Crippen LogP contribution in [-0.2, 0) is 6.42 Å². The largest absolute Gasteiger partial charge is 0.573 e. The number of rotatable bonds is 4. The summed E-state index contributed by atoms with van der Waals surface area (Å²) in [4.78, 5) is 0. The van der Waals surface area contributed by atoms with Crippen LogP contribution in [0.25, 0.3) is 6.08 Å². The quantitative estimate of drug-likeness (QED) is 0.696. The summed E-state index contributed by atoms with van der Waals surface area (Å²) in [5.74, 6) is -0.515. The van der Waals surface area contributed by atoms with E-state index >= 15 is 0 Å². The van der Waals surface area contributed by atoms with Gasteiger partial charge in [0.2, 0.25) is 6.10 Å². The molecule has 0 saturated heterocycles. The van der Waals surface area contributed by atoms with Gasteiger partial charge in [0, 0.05) is 5.56 Å². The van der Waals surface area contributed by atoms with Gasteiger partial charge in [0.05, 0.1) is 0 Å². The van der Waals surface area contributed by atoms with Crippen LogP contribution in [0.1, 0.15) is 30.9 Å². The predicted molar refractivity (Wildman–Crippen MR) is 71.2 cm³/mol. The highest BCUT2D eigenvalue weighted by Crippen LogP contribution is 2.39. The minimum Gasteiger partial charge on any atom is -0.476 e. The Morgan fingerprint density at radius 2 is 1.83 bits per heavy atom. The molecule has 23 heavy (non-hydrogen) atoms. The van der Waals surface area contributed by atoms with Crippen molar-refractivity contribution in [3.63, 3.8) is 0 Å². The van der Waals surface area contributed by atoms with Crippen LogP contribution in [0.2, 0.25) is 0 Å². The molecule has 0 aliphatic carbocycles. The molecule has 0 fully saturated rings. The lowest BCUT2D eigenvalue weighted by Crippen LogP contribution is -2.34. The molecule has 1 aromatic carbocycles. The van der Waals surface area contributed by atoms with Gasteiger partial charge in [-0.25, -0.2) is 0 Å². The third-order valence-corrected chi connectivity index (χ3v) is 3.22. The molecule has 1 atom stereocenters. The number of aryl methyl sites for hydroxylation is 1. The summed E-state index contributed by atoms with van der Waals surface area (Å²) in [7, 11) is 0. The van der Waals surface area contributed by atoms with Gasteiger partial charge >= 0.3 is 12.5 Å². The first-order valence-electron chi connectivity index (χ1n) is 6.94. The first-order chi connectivity index (χ1) is 10.6. The zero-order valence-electron chi connectivity index (χ0n) is 12.1. The van der Waals surface area contributed by atoms with Crippen LogP contribution in [0.3, 0.4) is 0 Å². The number of unbranched alkanes of at least 4 members (excludes halogenated alkanes) is 1. The van der Waals surface area contributed by atoms with E-state index in [2.05, 4.69) is 4.74 Å². The Balaban J connectivity index is 2.39. The number of fused-ring (bicyclic) bond motifs is 1. The van der Waals surface area contributed by atoms with Crippen LogP contribution >= 0.6 is 0 Å². The van der Waals surface area contributed by atoms with Gasteiger partial charge in [0.1, 0.15) is 11.5 Å². The van der Waals surface area contributed by atoms with Gasteiger partial charge in [-0.3, -0.25) is 0 Å². The maximum atomic E-state index is 12.8. The lowest BCUT2D eigenvalue weighted by atomic mass is 10.0. The number of alkyl halides is 6. The van der Waals surface area contributed by atoms with Crippen molar-refractivity contribution in [2.24, 2.45) is 0 Å². The van der Waals surface area contributed by atoms with E-state index in [0.29, 0.717) is 12.8 Å². The molecule has 1 unspecified atom stereocenters. The Hall–Kier alpha value is -1.86. The number of hydrogen-bond acceptors (Lipinski definition) is 2. The van der Waals surface area contributed by atoms with Gasteiger partial charge in [-0.1, -0.05) is 19.4 Å². The standard InChI is InChI=1S/C15H14F6O2/c1-2-3-4-9-7-11(23-15(19,20)21)8-10-5-6-12(14(16,17)18)22-13(9)10/h5-8,12H,2-4H2,1H3. The average Bonchev–Trinajstić information content (AvgIpc) is 2.41. The second-order valence-corrected chi connectivity index (χ2v) is 5.09. The van der Waals surface area contributed by atoms with E-state index in [1.807, 2.05) is 6.92 Å². The van der Waals surface area contributed by atoms with Crippen LogP contribution in [0, 0.1) is 0 Å². The molecule has 2 rings (SSSR count). The zero-order chi connectivity index (χ0) is 17.3. The van der Waals surface area contributed by atoms with Crippen molar-refractivity contribution in [2.75, 3.05) is 0 Å². The molecular formula is C15H14F6O2. The topological polar surface area (TPSA) is 18.5 Å². The van der Waals surface area contributed by atoms with Crippen molar-refractivity contribution in [3.05, 3.63) is 29.3 Å². The van der Waals surface area contributed by atoms with Gasteiger partial charge in [-0.05, 0) is 36.6 Å². The molecule has 0 aromatic heterocycles. The summed E-state index contributed by atoms with van der Waals surface area (Å²) >= 11 is 0. The molecule has 1 aliphatic heterocycles. The summed E-state index contributed by atoms with van der Waals surface area (Å²) in [6.45, 7) is 1.86. The molecule has 1 heterocycles. The van der Waals surface area contributed by atoms with E-state index in [0.717, 1.165) is 30.7 Å². The predicted octanol–water partition coefficient (Wildman–Crippen LogP) is 5.26. The summed E-state index contributed by atoms with van der Waals surface area (Å²) in [6, 6.07) is 2.09. The van der Waals surface area contributed by atoms with Crippen molar-refractivity contribution in [3.8, 4) is 11.5 Å². The monoisotopic (exact) mass is 340 g/mol. The molecule has 0 radical (unpaired) electrons. The molecule has 0 amide bonds. The maximum Gasteiger partial charge on any atom is 0.573 e. The summed E-state index contributed by atoms with van der Waals surface area (Å²) in [5.41, 5.74) is 0.403. The third kappa shape index (κ3) is 4.56. The SMILES string of the molecule is CCCCc1cc(OC(F)(F)F)cc2c1OC(C(F)(F)F)C=C2. The highest BCUT2D eigenvalue weighted by atomic mass is 19.4. The Kier molecular flexibility index (Phi) is 4.81. The fourth-order valence-electron chi connectivity index (χ4n) is 2.23. The van der Waals surface area contributed by atoms with Gasteiger partial charge in [-0.15, -0.1) is 13.2 Å². The van der Waals surface area contributed by atoms with Crippen LogP contribution in [0.4, 0.5) is 26.3 Å². The van der Waals surface area contributed by atoms with E-state index in [-0.39, 0.29) is 16.9 Å². The molecule has 128 valence electrons. The number of ether oxygens (including phenoxy) is 2. The lowest BCUT2D eigenvalue weighted by molar-refractivity contribution is -0.274. The number of benzene rings is 1. The Morgan fingerprint density at radius 3 is 2.39 bits per heavy atom. The summed E-state index contributed by atoms with van der Waals surface area (Å²) < 4.78 is 84.2. The minimum absolute atomic E-state index is 0.0437. The fourth-order valence-corrected chi connectivity index (χ4v) is 2.23. The van der Waals surface area contributed by atoms with Gasteiger partial charge in [-0.2, -0.15) is 13.2 Å². The lowest BCUT2D eigenvalue weighted by Gasteiger charge is -2.26. The van der Waals surface area contributed by atoms with Crippen molar-refractivity contribution in [1.82, 2.24) is 0 Å². The summed E-state index contributed by atoms with van der Waals surface area (Å²) in [6.07, 6.45) is -8.06. The first kappa shape index (κ1) is 17.5. The van der Waals surface area contributed by atoms with E-state index in [1.54, 1.807) is 0 Å². The van der Waals surface area contributed by atoms with Crippen LogP contribution in [0.5, 0.6) is 11.5 Å². The third-order valence-electron chi connectivity index (χ3n) is 3.22. The Morgan fingerprint density at radius 1 is 1.13 bits per heavy atom. The molecule has 0 bridgehead atoms. The Labute approximate surface area is 128 Å². The van der Waals surface area contributed by atoms with Gasteiger partial charge < -0.3 is 9.47 Å². The van der Waals surface area contributed by atoms with E-state index in [1.165, 1.54) is 0 Å². The molecule has 0 saturated carbocycles. The first-order valence-corrected chi connectivity index (χ1v) is 6.94. The highest BCUT2D eigenvalue weighted by Gasteiger charge is 2.42. The number of halogens is 6. The van der Waals surface area contributed by atoms with Crippen molar-refractivity contribution >= 4 is 6.08 Å². The minimum atomic E-state index is -4.87. The molecule has 8 heteroatoms. The smallest absolute Gasteiger partial charge is 0.476 e. The van der Waals surface area contributed by atoms with Crippen LogP contribution < -0.4 is 9.47 Å². The maximum absolute atomic E-state index is 12.8. The van der Waals surface area contributed by atoms with Crippen LogP contribution in [0.15, 0.2) is 18.2 Å². The summed E-state index contributed by atoms with van der Waals surface area (Å²) in [5, 5.41) is 0. The Bertz CT molecular complexity index is 589. The molecule has 1 aromatic rings. The van der Waals surface area contributed by atoms with E-state index < -0.39 is 24.4 Å². The second-order valence-electron chi connectivity index (χ2n) is 5.09. The van der Waals surface area contributed by atoms with Gasteiger partial charge in [0.15, 0.2) is 0 Å². The molecule has 0 N–H and O–H groups in total. The van der Waals surface area contributed by atoms with Crippen molar-refractivity contribution in [2.45, 2.75) is 44.8 Å². The van der Waals surface area contributed by atoms with Crippen molar-refractivity contribution < 1.29 is 35.8 Å². The fraction of sp³-hybridized carbons (Fsp3) is 0.467. The average molecular weight is 340 g/mol. The highest BCUT2D eigenvalue weighted by molar-refractivity contribution is 5.65. The molecular weight excluding hydrogens is 326 g/mol. The van der Waals surface area contributed by atoms with Crippen molar-refractivity contribution in [1.29, 1.82) is 0 Å². The van der Waals surface area contributed by atoms with E-state index in [9.17, 15) is 26.3 Å². The van der Waals surface area contributed by atoms with E-state index in [4.69, 9.17) is 4.74 Å². The normalized spacial score (nSPS) is 17.6. The molecule has 1 aliphatic rings. The second kappa shape index (κ2) is 6.33. The van der Waals surface area contributed by atoms with Crippen LogP contribution in [-0.4, -0.2) is 18.6 Å². The zero-order valence-corrected chi connectivity index (χ0v) is 12.1. The van der Waals surface area contributed by atoms with Gasteiger partial charge in [0.25, 0.3) is 0 Å². The number of hydrogen-bond donors (Lipinski definition) is 0. The molecule has 0 spiro atoms. The molecule has 2 nitrogen and oxygen atoms in total.